The maximum absolute atomic E-state index is 6.90. The van der Waals surface area contributed by atoms with Crippen molar-refractivity contribution in [1.29, 1.82) is 0 Å². The molecule has 0 spiro atoms. The van der Waals surface area contributed by atoms with E-state index < -0.39 is 37.4 Å². The van der Waals surface area contributed by atoms with Gasteiger partial charge in [0, 0.05) is 11.8 Å². The van der Waals surface area contributed by atoms with Crippen LogP contribution in [0.25, 0.3) is 0 Å². The molecule has 6 aromatic carbocycles. The number of benzene rings is 6. The number of hydrogen-bond donors (Lipinski definition) is 0. The predicted molar refractivity (Wildman–Crippen MR) is 219 cm³/mol. The van der Waals surface area contributed by atoms with Crippen LogP contribution in [-0.4, -0.2) is 37.3 Å². The molecule has 7 rings (SSSR count). The second-order valence-electron chi connectivity index (χ2n) is 13.2. The van der Waals surface area contributed by atoms with Crippen molar-refractivity contribution in [2.24, 2.45) is 0 Å². The van der Waals surface area contributed by atoms with E-state index in [1.54, 1.807) is 0 Å². The molecule has 1 aliphatic rings. The van der Waals surface area contributed by atoms with E-state index in [0.29, 0.717) is 24.7 Å². The van der Waals surface area contributed by atoms with Crippen LogP contribution in [0.15, 0.2) is 182 Å². The van der Waals surface area contributed by atoms with Gasteiger partial charge in [0.1, 0.15) is 35.9 Å². The van der Waals surface area contributed by atoms with Gasteiger partial charge in [0.2, 0.25) is 0 Å². The van der Waals surface area contributed by atoms with Gasteiger partial charge in [0.15, 0.2) is 6.29 Å². The highest BCUT2D eigenvalue weighted by Gasteiger charge is 2.51. The summed E-state index contributed by atoms with van der Waals surface area (Å²) < 4.78 is 53.4. The first kappa shape index (κ1) is 39.6. The van der Waals surface area contributed by atoms with Crippen molar-refractivity contribution in [3.8, 4) is 11.5 Å². The topological polar surface area (TPSA) is 73.8 Å². The van der Waals surface area contributed by atoms with Crippen LogP contribution in [0.1, 0.15) is 22.3 Å². The zero-order valence-electron chi connectivity index (χ0n) is 30.9. The predicted octanol–water partition coefficient (Wildman–Crippen LogP) is 10.1. The van der Waals surface area contributed by atoms with Crippen LogP contribution in [0.2, 0.25) is 0 Å². The maximum Gasteiger partial charge on any atom is 0.437 e. The third-order valence-electron chi connectivity index (χ3n) is 8.99. The Balaban J connectivity index is 1.26. The van der Waals surface area contributed by atoms with Gasteiger partial charge in [-0.25, -0.2) is 0 Å². The van der Waals surface area contributed by atoms with Gasteiger partial charge >= 0.3 is 6.72 Å². The third kappa shape index (κ3) is 11.7. The summed E-state index contributed by atoms with van der Waals surface area (Å²) in [7, 11) is 0. The molecule has 288 valence electrons. The van der Waals surface area contributed by atoms with E-state index in [9.17, 15) is 0 Å². The Labute approximate surface area is 334 Å². The highest BCUT2D eigenvalue weighted by molar-refractivity contribution is 8.07. The summed E-state index contributed by atoms with van der Waals surface area (Å²) in [6.45, 7) is -2.31. The molecule has 1 aliphatic heterocycles. The zero-order chi connectivity index (χ0) is 38.3. The van der Waals surface area contributed by atoms with Crippen molar-refractivity contribution in [3.63, 3.8) is 0 Å². The van der Waals surface area contributed by atoms with Crippen LogP contribution in [0.3, 0.4) is 0 Å². The van der Waals surface area contributed by atoms with Crippen LogP contribution in [-0.2, 0) is 66.4 Å². The van der Waals surface area contributed by atoms with E-state index in [4.69, 9.17) is 49.1 Å². The largest absolute Gasteiger partial charge is 0.437 e. The van der Waals surface area contributed by atoms with Crippen molar-refractivity contribution in [2.45, 2.75) is 57.1 Å². The molecule has 0 radical (unpaired) electrons. The van der Waals surface area contributed by atoms with Crippen molar-refractivity contribution in [3.05, 3.63) is 204 Å². The smallest absolute Gasteiger partial charge is 0.416 e. The van der Waals surface area contributed by atoms with Crippen LogP contribution < -0.4 is 9.05 Å². The van der Waals surface area contributed by atoms with Crippen molar-refractivity contribution < 1.29 is 37.3 Å². The molecule has 0 aliphatic carbocycles. The molecule has 0 bridgehead atoms. The average Bonchev–Trinajstić information content (AvgIpc) is 3.24. The number of rotatable bonds is 19. The molecule has 1 fully saturated rings. The Kier molecular flexibility index (Phi) is 14.5. The fourth-order valence-corrected chi connectivity index (χ4v) is 8.32. The monoisotopic (exact) mass is 788 g/mol. The quantitative estimate of drug-likeness (QED) is 0.0746. The SMILES string of the molecule is S=P(Oc1ccccc1)(Oc1ccccc1)O[C@@H]1O[C@H](COCc2ccccc2)[C@@H](OCc2ccccc2)[C@H](OCc2ccccc2)[C@H]1OCc1ccccc1. The van der Waals surface area contributed by atoms with Crippen LogP contribution >= 0.6 is 6.72 Å². The molecule has 0 N–H and O–H groups in total. The minimum absolute atomic E-state index is 0.159. The second-order valence-corrected chi connectivity index (χ2v) is 16.0. The van der Waals surface area contributed by atoms with Crippen molar-refractivity contribution >= 4 is 18.5 Å². The molecule has 1 saturated heterocycles. The lowest BCUT2D eigenvalue weighted by Crippen LogP contribution is -2.61. The average molecular weight is 789 g/mol. The molecular formula is C46H45O8PS. The molecule has 6 aromatic rings. The minimum atomic E-state index is -3.66. The lowest BCUT2D eigenvalue weighted by molar-refractivity contribution is -0.311. The van der Waals surface area contributed by atoms with Crippen molar-refractivity contribution in [1.82, 2.24) is 0 Å². The molecule has 0 amide bonds. The fourth-order valence-electron chi connectivity index (χ4n) is 6.24. The van der Waals surface area contributed by atoms with Gasteiger partial charge in [-0.1, -0.05) is 158 Å². The summed E-state index contributed by atoms with van der Waals surface area (Å²) in [5.41, 5.74) is 3.98. The van der Waals surface area contributed by atoms with Crippen molar-refractivity contribution in [2.75, 3.05) is 6.61 Å². The van der Waals surface area contributed by atoms with E-state index >= 15 is 0 Å². The molecule has 1 heterocycles. The van der Waals surface area contributed by atoms with Gasteiger partial charge in [-0.3, -0.25) is 4.52 Å². The number of para-hydroxylation sites is 2. The summed E-state index contributed by atoms with van der Waals surface area (Å²) in [6.07, 6.45) is -4.03. The molecule has 8 nitrogen and oxygen atoms in total. The van der Waals surface area contributed by atoms with E-state index in [2.05, 4.69) is 0 Å². The fraction of sp³-hybridized carbons (Fsp3) is 0.217. The zero-order valence-corrected chi connectivity index (χ0v) is 32.6. The number of ether oxygens (including phenoxy) is 5. The standard InChI is InChI=1S/C46H45O8PS/c56-55(52-40-27-15-5-16-28-40,53-41-29-17-6-18-30-41)54-46-45(50-34-39-25-13-4-14-26-39)44(49-33-38-23-11-3-12-24-38)43(48-32-37-21-9-2-10-22-37)42(51-46)35-47-31-36-19-7-1-8-20-36/h1-30,42-46H,31-35H2/t42-,43-,44+,45-,46+/m1/s1. The normalized spacial score (nSPS) is 19.6. The van der Waals surface area contributed by atoms with Gasteiger partial charge < -0.3 is 32.7 Å². The highest BCUT2D eigenvalue weighted by atomic mass is 32.5. The van der Waals surface area contributed by atoms with Gasteiger partial charge in [0.25, 0.3) is 0 Å². The molecule has 0 saturated carbocycles. The first-order chi connectivity index (χ1) is 27.6. The van der Waals surface area contributed by atoms with Crippen LogP contribution in [0.5, 0.6) is 11.5 Å². The summed E-state index contributed by atoms with van der Waals surface area (Å²) >= 11 is 6.20. The molecule has 56 heavy (non-hydrogen) atoms. The Morgan fingerprint density at radius 2 is 0.786 bits per heavy atom. The van der Waals surface area contributed by atoms with Crippen LogP contribution in [0, 0.1) is 0 Å². The Hall–Kier alpha value is -4.67. The van der Waals surface area contributed by atoms with Gasteiger partial charge in [-0.15, -0.1) is 0 Å². The molecule has 10 heteroatoms. The second kappa shape index (κ2) is 20.5. The summed E-state index contributed by atoms with van der Waals surface area (Å²) in [5, 5.41) is 0. The van der Waals surface area contributed by atoms with Gasteiger partial charge in [0.05, 0.1) is 33.0 Å². The van der Waals surface area contributed by atoms with Gasteiger partial charge in [-0.2, -0.15) is 0 Å². The summed E-state index contributed by atoms with van der Waals surface area (Å²) in [6, 6.07) is 58.4. The summed E-state index contributed by atoms with van der Waals surface area (Å²) in [5.74, 6) is 0.987. The van der Waals surface area contributed by atoms with E-state index in [-0.39, 0.29) is 19.8 Å². The molecule has 0 unspecified atom stereocenters. The van der Waals surface area contributed by atoms with E-state index in [1.165, 1.54) is 0 Å². The first-order valence-corrected chi connectivity index (χ1v) is 21.2. The summed E-state index contributed by atoms with van der Waals surface area (Å²) in [4.78, 5) is 0. The third-order valence-corrected chi connectivity index (χ3v) is 11.0. The number of hydrogen-bond acceptors (Lipinski definition) is 9. The first-order valence-electron chi connectivity index (χ1n) is 18.6. The Morgan fingerprint density at radius 1 is 0.429 bits per heavy atom. The maximum atomic E-state index is 6.90. The lowest BCUT2D eigenvalue weighted by Gasteiger charge is -2.46. The Morgan fingerprint density at radius 3 is 1.21 bits per heavy atom. The minimum Gasteiger partial charge on any atom is -0.416 e. The molecule has 0 aromatic heterocycles. The van der Waals surface area contributed by atoms with E-state index in [0.717, 1.165) is 22.3 Å². The highest BCUT2D eigenvalue weighted by Crippen LogP contribution is 2.52. The van der Waals surface area contributed by atoms with E-state index in [1.807, 2.05) is 182 Å². The van der Waals surface area contributed by atoms with Crippen LogP contribution in [0.4, 0.5) is 0 Å². The van der Waals surface area contributed by atoms with Gasteiger partial charge in [-0.05, 0) is 46.5 Å². The lowest BCUT2D eigenvalue weighted by atomic mass is 9.98. The molecular weight excluding hydrogens is 744 g/mol. The molecule has 5 atom stereocenters. The Bertz CT molecular complexity index is 2000.